The molecule has 0 bridgehead atoms. The van der Waals surface area contributed by atoms with Crippen molar-refractivity contribution in [3.63, 3.8) is 0 Å². The number of carboxylic acids is 1. The largest absolute Gasteiger partial charge is 0.477 e. The summed E-state index contributed by atoms with van der Waals surface area (Å²) >= 11 is 1.81. The Hall–Kier alpha value is -1.48. The van der Waals surface area contributed by atoms with Crippen LogP contribution in [0.5, 0.6) is 0 Å². The summed E-state index contributed by atoms with van der Waals surface area (Å²) in [5.74, 6) is -1.66. The number of halogens is 2. The van der Waals surface area contributed by atoms with Gasteiger partial charge >= 0.3 is 5.97 Å². The number of fused-ring (bicyclic) bond motifs is 1. The molecule has 5 nitrogen and oxygen atoms in total. The second kappa shape index (κ2) is 6.79. The van der Waals surface area contributed by atoms with Crippen molar-refractivity contribution in [1.29, 1.82) is 0 Å². The van der Waals surface area contributed by atoms with Crippen molar-refractivity contribution < 1.29 is 14.3 Å². The van der Waals surface area contributed by atoms with Crippen molar-refractivity contribution >= 4 is 39.5 Å². The molecule has 2 aromatic rings. The van der Waals surface area contributed by atoms with Gasteiger partial charge in [0.25, 0.3) is 0 Å². The third kappa shape index (κ3) is 3.06. The highest BCUT2D eigenvalue weighted by molar-refractivity contribution is 14.1. The van der Waals surface area contributed by atoms with Gasteiger partial charge in [-0.3, -0.25) is 9.69 Å². The van der Waals surface area contributed by atoms with Gasteiger partial charge in [0.2, 0.25) is 5.43 Å². The number of hydrogen-bond donors (Lipinski definition) is 1. The van der Waals surface area contributed by atoms with Crippen molar-refractivity contribution in [2.75, 3.05) is 13.1 Å². The van der Waals surface area contributed by atoms with Crippen molar-refractivity contribution in [3.8, 4) is 0 Å². The maximum absolute atomic E-state index is 14.0. The van der Waals surface area contributed by atoms with Gasteiger partial charge in [-0.1, -0.05) is 6.92 Å². The summed E-state index contributed by atoms with van der Waals surface area (Å²) in [6.45, 7) is 4.57. The first kappa shape index (κ1) is 17.3. The molecule has 128 valence electrons. The minimum atomic E-state index is -1.26. The van der Waals surface area contributed by atoms with E-state index in [2.05, 4.69) is 11.8 Å². The minimum Gasteiger partial charge on any atom is -0.477 e. The molecule has 1 aromatic heterocycles. The summed E-state index contributed by atoms with van der Waals surface area (Å²) in [6.07, 6.45) is 3.46. The number of likely N-dealkylation sites (tertiary alicyclic amines) is 1. The lowest BCUT2D eigenvalue weighted by atomic mass is 10.1. The third-order valence-electron chi connectivity index (χ3n) is 4.67. The van der Waals surface area contributed by atoms with E-state index in [1.165, 1.54) is 18.3 Å². The maximum Gasteiger partial charge on any atom is 0.341 e. The van der Waals surface area contributed by atoms with Gasteiger partial charge in [-0.05, 0) is 60.7 Å². The van der Waals surface area contributed by atoms with Gasteiger partial charge in [0.1, 0.15) is 11.4 Å². The summed E-state index contributed by atoms with van der Waals surface area (Å²) in [5, 5.41) is 9.58. The van der Waals surface area contributed by atoms with Crippen LogP contribution in [0.1, 0.15) is 30.1 Å². The van der Waals surface area contributed by atoms with E-state index in [9.17, 15) is 19.1 Å². The number of carbonyl (C=O) groups is 1. The van der Waals surface area contributed by atoms with Crippen LogP contribution in [0, 0.1) is 9.39 Å². The Morgan fingerprint density at radius 1 is 1.46 bits per heavy atom. The fourth-order valence-electron chi connectivity index (χ4n) is 3.43. The molecular weight excluding hydrogens is 426 g/mol. The van der Waals surface area contributed by atoms with E-state index in [4.69, 9.17) is 0 Å². The molecule has 1 aliphatic rings. The summed E-state index contributed by atoms with van der Waals surface area (Å²) in [7, 11) is 0. The summed E-state index contributed by atoms with van der Waals surface area (Å²) in [5.41, 5.74) is -0.387. The van der Waals surface area contributed by atoms with Gasteiger partial charge in [0, 0.05) is 27.7 Å². The van der Waals surface area contributed by atoms with Crippen LogP contribution in [0.4, 0.5) is 4.39 Å². The summed E-state index contributed by atoms with van der Waals surface area (Å²) in [4.78, 5) is 26.2. The van der Waals surface area contributed by atoms with Crippen molar-refractivity contribution in [2.45, 2.75) is 32.4 Å². The maximum atomic E-state index is 14.0. The van der Waals surface area contributed by atoms with E-state index < -0.39 is 17.2 Å². The second-order valence-electron chi connectivity index (χ2n) is 6.04. The smallest absolute Gasteiger partial charge is 0.341 e. The lowest BCUT2D eigenvalue weighted by molar-refractivity contribution is 0.0694. The monoisotopic (exact) mass is 444 g/mol. The molecule has 0 radical (unpaired) electrons. The van der Waals surface area contributed by atoms with Gasteiger partial charge in [-0.15, -0.1) is 0 Å². The first-order valence-corrected chi connectivity index (χ1v) is 8.99. The normalized spacial score (nSPS) is 18.4. The summed E-state index contributed by atoms with van der Waals surface area (Å²) in [6, 6.07) is 3.03. The molecule has 0 unspecified atom stereocenters. The second-order valence-corrected chi connectivity index (χ2v) is 7.20. The SMILES string of the molecule is CCN1CCC[C@@H]1Cn1cc(C(=O)O)c(=O)c2cc(I)c(F)cc21. The molecule has 1 fully saturated rings. The number of carboxylic acid groups (broad SMARTS) is 1. The molecule has 2 heterocycles. The Balaban J connectivity index is 2.18. The number of pyridine rings is 1. The average Bonchev–Trinajstić information content (AvgIpc) is 2.98. The Morgan fingerprint density at radius 3 is 2.88 bits per heavy atom. The van der Waals surface area contributed by atoms with Gasteiger partial charge in [0.15, 0.2) is 0 Å². The van der Waals surface area contributed by atoms with Crippen molar-refractivity contribution in [3.05, 3.63) is 43.5 Å². The quantitative estimate of drug-likeness (QED) is 0.737. The third-order valence-corrected chi connectivity index (χ3v) is 5.49. The van der Waals surface area contributed by atoms with Crippen LogP contribution in [0.3, 0.4) is 0 Å². The Kier molecular flexibility index (Phi) is 4.91. The molecule has 24 heavy (non-hydrogen) atoms. The molecule has 1 aliphatic heterocycles. The Labute approximate surface area is 152 Å². The van der Waals surface area contributed by atoms with Gasteiger partial charge < -0.3 is 9.67 Å². The molecule has 1 aromatic carbocycles. The van der Waals surface area contributed by atoms with Crippen LogP contribution in [0.25, 0.3) is 10.9 Å². The summed E-state index contributed by atoms with van der Waals surface area (Å²) < 4.78 is 16.1. The predicted molar refractivity (Wildman–Crippen MR) is 98.1 cm³/mol. The van der Waals surface area contributed by atoms with Crippen LogP contribution < -0.4 is 5.43 Å². The highest BCUT2D eigenvalue weighted by Gasteiger charge is 2.25. The molecule has 1 saturated heterocycles. The highest BCUT2D eigenvalue weighted by atomic mass is 127. The van der Waals surface area contributed by atoms with Crippen LogP contribution in [0.2, 0.25) is 0 Å². The average molecular weight is 444 g/mol. The van der Waals surface area contributed by atoms with Gasteiger partial charge in [-0.2, -0.15) is 0 Å². The molecule has 1 N–H and O–H groups in total. The molecule has 0 aliphatic carbocycles. The van der Waals surface area contributed by atoms with Crippen LogP contribution in [-0.2, 0) is 6.54 Å². The van der Waals surface area contributed by atoms with E-state index in [0.717, 1.165) is 25.9 Å². The molecule has 0 saturated carbocycles. The molecule has 0 spiro atoms. The van der Waals surface area contributed by atoms with Gasteiger partial charge in [-0.25, -0.2) is 9.18 Å². The Morgan fingerprint density at radius 2 is 2.21 bits per heavy atom. The van der Waals surface area contributed by atoms with E-state index >= 15 is 0 Å². The van der Waals surface area contributed by atoms with Crippen LogP contribution in [0.15, 0.2) is 23.1 Å². The van der Waals surface area contributed by atoms with Crippen LogP contribution in [-0.4, -0.2) is 39.7 Å². The number of aromatic nitrogens is 1. The van der Waals surface area contributed by atoms with E-state index in [0.29, 0.717) is 15.6 Å². The standard InChI is InChI=1S/C17H18FIN2O3/c1-2-20-5-3-4-10(20)8-21-9-12(17(23)24)16(22)11-6-14(19)13(18)7-15(11)21/h6-7,9-10H,2-5,8H2,1H3,(H,23,24)/t10-/m1/s1. The Bertz CT molecular complexity index is 865. The fourth-order valence-corrected chi connectivity index (χ4v) is 3.90. The molecule has 3 rings (SSSR count). The molecule has 1 atom stereocenters. The molecule has 0 amide bonds. The lowest BCUT2D eigenvalue weighted by Crippen LogP contribution is -2.33. The predicted octanol–water partition coefficient (Wildman–Crippen LogP) is 2.93. The van der Waals surface area contributed by atoms with Crippen molar-refractivity contribution in [2.24, 2.45) is 0 Å². The number of benzene rings is 1. The zero-order chi connectivity index (χ0) is 17.4. The number of aromatic carboxylic acids is 1. The highest BCUT2D eigenvalue weighted by Crippen LogP contribution is 2.23. The first-order chi connectivity index (χ1) is 11.4. The zero-order valence-electron chi connectivity index (χ0n) is 13.3. The lowest BCUT2D eigenvalue weighted by Gasteiger charge is -2.25. The number of likely N-dealkylation sites (N-methyl/N-ethyl adjacent to an activating group) is 1. The van der Waals surface area contributed by atoms with E-state index in [-0.39, 0.29) is 17.0 Å². The fraction of sp³-hybridized carbons (Fsp3) is 0.412. The number of hydrogen-bond acceptors (Lipinski definition) is 3. The number of rotatable bonds is 4. The van der Waals surface area contributed by atoms with Crippen molar-refractivity contribution in [1.82, 2.24) is 9.47 Å². The minimum absolute atomic E-state index is 0.252. The first-order valence-electron chi connectivity index (χ1n) is 7.92. The van der Waals surface area contributed by atoms with Crippen LogP contribution >= 0.6 is 22.6 Å². The molecule has 7 heteroatoms. The molecular formula is C17H18FIN2O3. The van der Waals surface area contributed by atoms with Gasteiger partial charge in [0.05, 0.1) is 5.52 Å². The zero-order valence-corrected chi connectivity index (χ0v) is 15.4. The van der Waals surface area contributed by atoms with E-state index in [1.807, 2.05) is 22.6 Å². The number of nitrogens with zero attached hydrogens (tertiary/aromatic N) is 2. The topological polar surface area (TPSA) is 62.5 Å². The van der Waals surface area contributed by atoms with E-state index in [1.54, 1.807) is 4.57 Å².